The summed E-state index contributed by atoms with van der Waals surface area (Å²) in [6, 6.07) is 1.83. The normalized spacial score (nSPS) is 11.8. The van der Waals surface area contributed by atoms with Crippen molar-refractivity contribution in [3.05, 3.63) is 34.8 Å². The molecule has 2 aromatic heterocycles. The number of carboxylic acid groups (broad SMARTS) is 1. The number of carboxylic acids is 1. The average Bonchev–Trinajstić information content (AvgIpc) is 3.08. The zero-order valence-electron chi connectivity index (χ0n) is 10.4. The molecule has 20 heavy (non-hydrogen) atoms. The monoisotopic (exact) mass is 295 g/mol. The summed E-state index contributed by atoms with van der Waals surface area (Å²) in [6.45, 7) is 0.788. The lowest BCUT2D eigenvalue weighted by molar-refractivity contribution is -0.139. The number of nitrogens with one attached hydrogen (secondary N) is 2. The Kier molecular flexibility index (Phi) is 4.66. The Bertz CT molecular complexity index is 555. The van der Waals surface area contributed by atoms with E-state index < -0.39 is 18.0 Å². The average molecular weight is 295 g/mol. The van der Waals surface area contributed by atoms with Crippen LogP contribution in [0.4, 0.5) is 4.79 Å². The number of aromatic nitrogens is 3. The lowest BCUT2D eigenvalue weighted by Crippen LogP contribution is -2.41. The maximum absolute atomic E-state index is 11.7. The largest absolute Gasteiger partial charge is 0.479 e. The van der Waals surface area contributed by atoms with Crippen LogP contribution in [0, 0.1) is 0 Å². The van der Waals surface area contributed by atoms with E-state index in [0.717, 1.165) is 0 Å². The van der Waals surface area contributed by atoms with Crippen LogP contribution in [-0.2, 0) is 11.3 Å². The molecule has 0 saturated heterocycles. The molecule has 2 rings (SSSR count). The number of thiophene rings is 1. The molecule has 0 aromatic carbocycles. The molecule has 106 valence electrons. The van der Waals surface area contributed by atoms with E-state index in [4.69, 9.17) is 5.11 Å². The number of nitrogens with zero attached hydrogens (tertiary/aromatic N) is 3. The maximum atomic E-state index is 11.7. The second-order valence-corrected chi connectivity index (χ2v) is 4.83. The molecule has 9 heteroatoms. The fraction of sp³-hybridized carbons (Fsp3) is 0.273. The highest BCUT2D eigenvalue weighted by molar-refractivity contribution is 7.10. The molecule has 0 spiro atoms. The van der Waals surface area contributed by atoms with Gasteiger partial charge in [-0.3, -0.25) is 4.68 Å². The van der Waals surface area contributed by atoms with Crippen LogP contribution in [0.5, 0.6) is 0 Å². The van der Waals surface area contributed by atoms with Gasteiger partial charge in [0.1, 0.15) is 0 Å². The first-order chi connectivity index (χ1) is 9.66. The highest BCUT2D eigenvalue weighted by Gasteiger charge is 2.22. The van der Waals surface area contributed by atoms with Gasteiger partial charge in [0.15, 0.2) is 6.04 Å². The number of carbonyl (C=O) groups excluding carboxylic acids is 1. The quantitative estimate of drug-likeness (QED) is 0.717. The Hall–Kier alpha value is -2.42. The Morgan fingerprint density at radius 3 is 2.95 bits per heavy atom. The van der Waals surface area contributed by atoms with E-state index in [1.807, 2.05) is 0 Å². The van der Waals surface area contributed by atoms with Gasteiger partial charge in [-0.25, -0.2) is 9.59 Å². The van der Waals surface area contributed by atoms with Crippen LogP contribution < -0.4 is 10.6 Å². The minimum absolute atomic E-state index is 0.325. The van der Waals surface area contributed by atoms with E-state index in [9.17, 15) is 9.59 Å². The van der Waals surface area contributed by atoms with Crippen molar-refractivity contribution in [1.29, 1.82) is 0 Å². The molecule has 3 N–H and O–H groups in total. The summed E-state index contributed by atoms with van der Waals surface area (Å²) in [6.07, 6.45) is 3.21. The topological polar surface area (TPSA) is 109 Å². The number of rotatable bonds is 6. The molecular weight excluding hydrogens is 282 g/mol. The van der Waals surface area contributed by atoms with Crippen molar-refractivity contribution >= 4 is 23.3 Å². The van der Waals surface area contributed by atoms with Gasteiger partial charge in [0.2, 0.25) is 0 Å². The molecule has 0 radical (unpaired) electrons. The minimum Gasteiger partial charge on any atom is -0.479 e. The molecular formula is C11H13N5O3S. The molecule has 0 fully saturated rings. The number of urea groups is 1. The summed E-state index contributed by atoms with van der Waals surface area (Å²) in [7, 11) is 0. The number of amides is 2. The van der Waals surface area contributed by atoms with Crippen LogP contribution in [0.25, 0.3) is 0 Å². The molecule has 8 nitrogen and oxygen atoms in total. The summed E-state index contributed by atoms with van der Waals surface area (Å²) in [4.78, 5) is 23.4. The van der Waals surface area contributed by atoms with Crippen LogP contribution >= 0.6 is 11.3 Å². The van der Waals surface area contributed by atoms with Crippen LogP contribution in [0.2, 0.25) is 0 Å². The van der Waals surface area contributed by atoms with E-state index in [-0.39, 0.29) is 0 Å². The summed E-state index contributed by atoms with van der Waals surface area (Å²) >= 11 is 1.28. The van der Waals surface area contributed by atoms with Crippen LogP contribution in [0.1, 0.15) is 10.9 Å². The fourth-order valence-electron chi connectivity index (χ4n) is 1.53. The van der Waals surface area contributed by atoms with Gasteiger partial charge in [0.05, 0.1) is 12.7 Å². The number of carbonyl (C=O) groups is 2. The molecule has 0 aliphatic carbocycles. The smallest absolute Gasteiger partial charge is 0.331 e. The number of hydrogen-bond donors (Lipinski definition) is 3. The molecule has 0 aliphatic heterocycles. The molecule has 0 bridgehead atoms. The number of hydrogen-bond acceptors (Lipinski definition) is 5. The Balaban J connectivity index is 1.81. The summed E-state index contributed by atoms with van der Waals surface area (Å²) in [5, 5.41) is 23.2. The third-order valence-electron chi connectivity index (χ3n) is 2.45. The predicted molar refractivity (Wildman–Crippen MR) is 71.3 cm³/mol. The van der Waals surface area contributed by atoms with Crippen molar-refractivity contribution in [2.75, 3.05) is 6.54 Å². The molecule has 2 amide bonds. The van der Waals surface area contributed by atoms with Gasteiger partial charge >= 0.3 is 12.0 Å². The van der Waals surface area contributed by atoms with E-state index in [0.29, 0.717) is 18.0 Å². The van der Waals surface area contributed by atoms with E-state index in [2.05, 4.69) is 20.9 Å². The van der Waals surface area contributed by atoms with Crippen molar-refractivity contribution in [3.63, 3.8) is 0 Å². The third-order valence-corrected chi connectivity index (χ3v) is 3.39. The van der Waals surface area contributed by atoms with Gasteiger partial charge in [-0.15, -0.1) is 16.4 Å². The second-order valence-electron chi connectivity index (χ2n) is 3.85. The molecule has 0 saturated carbocycles. The van der Waals surface area contributed by atoms with Gasteiger partial charge in [-0.05, 0) is 11.4 Å². The van der Waals surface area contributed by atoms with E-state index in [1.165, 1.54) is 17.5 Å². The Morgan fingerprint density at radius 1 is 1.50 bits per heavy atom. The van der Waals surface area contributed by atoms with E-state index >= 15 is 0 Å². The first kappa shape index (κ1) is 14.0. The minimum atomic E-state index is -1.10. The Morgan fingerprint density at radius 2 is 2.35 bits per heavy atom. The summed E-state index contributed by atoms with van der Waals surface area (Å²) in [5.74, 6) is -1.10. The highest BCUT2D eigenvalue weighted by Crippen LogP contribution is 2.18. The van der Waals surface area contributed by atoms with Crippen molar-refractivity contribution in [2.45, 2.75) is 12.6 Å². The lowest BCUT2D eigenvalue weighted by atomic mass is 10.2. The summed E-state index contributed by atoms with van der Waals surface area (Å²) in [5.41, 5.74) is 0. The predicted octanol–water partition coefficient (Wildman–Crippen LogP) is 0.465. The van der Waals surface area contributed by atoms with E-state index in [1.54, 1.807) is 28.4 Å². The molecule has 2 heterocycles. The SMILES string of the molecule is O=C(NCCn1ccnn1)NC(C(=O)O)c1cccs1. The molecule has 1 atom stereocenters. The van der Waals surface area contributed by atoms with Crippen molar-refractivity contribution in [3.8, 4) is 0 Å². The van der Waals surface area contributed by atoms with Crippen molar-refractivity contribution in [1.82, 2.24) is 25.6 Å². The molecule has 1 unspecified atom stereocenters. The Labute approximate surface area is 118 Å². The summed E-state index contributed by atoms with van der Waals surface area (Å²) < 4.78 is 1.56. The van der Waals surface area contributed by atoms with Gasteiger partial charge < -0.3 is 15.7 Å². The van der Waals surface area contributed by atoms with Crippen molar-refractivity contribution in [2.24, 2.45) is 0 Å². The first-order valence-corrected chi connectivity index (χ1v) is 6.69. The zero-order chi connectivity index (χ0) is 14.4. The molecule has 0 aliphatic rings. The highest BCUT2D eigenvalue weighted by atomic mass is 32.1. The standard InChI is InChI=1S/C11H13N5O3S/c17-10(18)9(8-2-1-7-20-8)14-11(19)12-3-5-16-6-4-13-15-16/h1-2,4,6-7,9H,3,5H2,(H,17,18)(H2,12,14,19). The van der Waals surface area contributed by atoms with Crippen LogP contribution in [0.3, 0.4) is 0 Å². The van der Waals surface area contributed by atoms with Gasteiger partial charge in [0, 0.05) is 17.6 Å². The van der Waals surface area contributed by atoms with Gasteiger partial charge in [-0.2, -0.15) is 0 Å². The van der Waals surface area contributed by atoms with Crippen LogP contribution in [0.15, 0.2) is 29.9 Å². The van der Waals surface area contributed by atoms with Crippen LogP contribution in [-0.4, -0.2) is 38.6 Å². The van der Waals surface area contributed by atoms with Gasteiger partial charge in [0.25, 0.3) is 0 Å². The zero-order valence-corrected chi connectivity index (χ0v) is 11.2. The first-order valence-electron chi connectivity index (χ1n) is 5.81. The van der Waals surface area contributed by atoms with Gasteiger partial charge in [-0.1, -0.05) is 11.3 Å². The maximum Gasteiger partial charge on any atom is 0.331 e. The fourth-order valence-corrected chi connectivity index (χ4v) is 2.30. The third kappa shape index (κ3) is 3.79. The lowest BCUT2D eigenvalue weighted by Gasteiger charge is -2.13. The second kappa shape index (κ2) is 6.66. The van der Waals surface area contributed by atoms with Crippen molar-refractivity contribution < 1.29 is 14.7 Å². The number of aliphatic carboxylic acids is 1. The molecule has 2 aromatic rings.